The molecule has 1 unspecified atom stereocenters. The van der Waals surface area contributed by atoms with Crippen LogP contribution in [0.1, 0.15) is 35.4 Å². The Kier molecular flexibility index (Phi) is 5.75. The van der Waals surface area contributed by atoms with E-state index in [9.17, 15) is 10.1 Å². The molecule has 160 valence electrons. The number of aromatic nitrogens is 1. The number of nitrogens with zero attached hydrogens (tertiary/aromatic N) is 3. The summed E-state index contributed by atoms with van der Waals surface area (Å²) in [5.41, 5.74) is 4.34. The van der Waals surface area contributed by atoms with Crippen LogP contribution in [-0.2, 0) is 4.79 Å². The van der Waals surface area contributed by atoms with E-state index in [4.69, 9.17) is 16.7 Å². The lowest BCUT2D eigenvalue weighted by atomic mass is 9.93. The van der Waals surface area contributed by atoms with Crippen molar-refractivity contribution in [3.63, 3.8) is 0 Å². The van der Waals surface area contributed by atoms with Crippen LogP contribution in [0.4, 0.5) is 11.5 Å². The summed E-state index contributed by atoms with van der Waals surface area (Å²) in [5.74, 6) is 0.581. The summed E-state index contributed by atoms with van der Waals surface area (Å²) in [7, 11) is 0. The molecule has 0 saturated carbocycles. The van der Waals surface area contributed by atoms with Crippen LogP contribution < -0.4 is 15.5 Å². The minimum absolute atomic E-state index is 0.326. The molecule has 0 saturated heterocycles. The summed E-state index contributed by atoms with van der Waals surface area (Å²) in [6.07, 6.45) is 0. The number of carbonyl (C=O) groups excluding carboxylic acids is 1. The second-order valence-corrected chi connectivity index (χ2v) is 7.96. The Hall–Kier alpha value is -3.96. The molecule has 0 aliphatic carbocycles. The van der Waals surface area contributed by atoms with Crippen molar-refractivity contribution >= 4 is 34.7 Å². The van der Waals surface area contributed by atoms with Gasteiger partial charge in [-0.3, -0.25) is 9.69 Å². The van der Waals surface area contributed by atoms with Crippen LogP contribution in [-0.4, -0.2) is 16.2 Å². The van der Waals surface area contributed by atoms with Gasteiger partial charge in [0.25, 0.3) is 5.91 Å². The molecule has 8 heteroatoms. The van der Waals surface area contributed by atoms with Gasteiger partial charge in [0.05, 0.1) is 23.2 Å². The van der Waals surface area contributed by atoms with Gasteiger partial charge in [-0.1, -0.05) is 29.4 Å². The van der Waals surface area contributed by atoms with Crippen molar-refractivity contribution in [3.05, 3.63) is 88.3 Å². The van der Waals surface area contributed by atoms with Crippen molar-refractivity contribution in [2.45, 2.75) is 26.8 Å². The highest BCUT2D eigenvalue weighted by molar-refractivity contribution is 7.80. The van der Waals surface area contributed by atoms with Crippen molar-refractivity contribution in [1.29, 1.82) is 5.26 Å². The van der Waals surface area contributed by atoms with Gasteiger partial charge in [-0.25, -0.2) is 0 Å². The molecule has 1 aliphatic heterocycles. The number of thiocarbonyl (C=S) groups is 1. The molecule has 0 bridgehead atoms. The largest absolute Gasteiger partial charge is 0.360 e. The summed E-state index contributed by atoms with van der Waals surface area (Å²) in [6, 6.07) is 18.3. The van der Waals surface area contributed by atoms with Crippen molar-refractivity contribution in [2.75, 3.05) is 10.2 Å². The van der Waals surface area contributed by atoms with Crippen molar-refractivity contribution in [3.8, 4) is 6.07 Å². The molecule has 0 radical (unpaired) electrons. The van der Waals surface area contributed by atoms with Crippen molar-refractivity contribution in [1.82, 2.24) is 10.5 Å². The third-order valence-corrected chi connectivity index (χ3v) is 5.51. The van der Waals surface area contributed by atoms with Crippen molar-refractivity contribution < 1.29 is 9.32 Å². The highest BCUT2D eigenvalue weighted by atomic mass is 32.1. The van der Waals surface area contributed by atoms with Crippen LogP contribution in [0.3, 0.4) is 0 Å². The van der Waals surface area contributed by atoms with Gasteiger partial charge in [-0.2, -0.15) is 5.26 Å². The Morgan fingerprint density at radius 3 is 2.66 bits per heavy atom. The number of nitrogens with one attached hydrogen (secondary N) is 2. The second kappa shape index (κ2) is 8.65. The van der Waals surface area contributed by atoms with E-state index in [-0.39, 0.29) is 5.91 Å². The second-order valence-electron chi connectivity index (χ2n) is 7.57. The maximum absolute atomic E-state index is 13.5. The number of amides is 1. The molecule has 4 rings (SSSR count). The number of anilines is 2. The zero-order valence-corrected chi connectivity index (χ0v) is 18.7. The lowest BCUT2D eigenvalue weighted by molar-refractivity contribution is -0.113. The summed E-state index contributed by atoms with van der Waals surface area (Å²) >= 11 is 5.70. The summed E-state index contributed by atoms with van der Waals surface area (Å²) in [5, 5.41) is 19.8. The van der Waals surface area contributed by atoms with Crippen LogP contribution in [0.25, 0.3) is 0 Å². The molecule has 1 aromatic heterocycles. The first kappa shape index (κ1) is 21.3. The fourth-order valence-electron chi connectivity index (χ4n) is 3.76. The summed E-state index contributed by atoms with van der Waals surface area (Å²) in [4.78, 5) is 15.3. The molecule has 1 amide bonds. The Bertz CT molecular complexity index is 1290. The molecular formula is C24H21N5O2S. The van der Waals surface area contributed by atoms with E-state index in [1.807, 2.05) is 49.1 Å². The Morgan fingerprint density at radius 1 is 1.19 bits per heavy atom. The van der Waals surface area contributed by atoms with Gasteiger partial charge in [0.1, 0.15) is 5.76 Å². The van der Waals surface area contributed by atoms with E-state index in [2.05, 4.69) is 21.9 Å². The van der Waals surface area contributed by atoms with E-state index in [0.717, 1.165) is 16.8 Å². The average Bonchev–Trinajstić information content (AvgIpc) is 3.17. The third-order valence-electron chi connectivity index (χ3n) is 5.21. The van der Waals surface area contributed by atoms with E-state index in [1.54, 1.807) is 31.2 Å². The molecule has 1 atom stereocenters. The van der Waals surface area contributed by atoms with E-state index >= 15 is 0 Å². The zero-order valence-electron chi connectivity index (χ0n) is 17.8. The first-order valence-corrected chi connectivity index (χ1v) is 10.4. The highest BCUT2D eigenvalue weighted by Gasteiger charge is 2.35. The Balaban J connectivity index is 1.83. The van der Waals surface area contributed by atoms with Gasteiger partial charge in [0.2, 0.25) is 0 Å². The lowest BCUT2D eigenvalue weighted by Gasteiger charge is -2.38. The molecule has 0 fully saturated rings. The van der Waals surface area contributed by atoms with Crippen molar-refractivity contribution in [2.24, 2.45) is 0 Å². The van der Waals surface area contributed by atoms with Gasteiger partial charge in [-0.15, -0.1) is 0 Å². The third kappa shape index (κ3) is 4.11. The summed E-state index contributed by atoms with van der Waals surface area (Å²) in [6.45, 7) is 5.61. The number of hydrogen-bond acceptors (Lipinski definition) is 5. The number of benzene rings is 2. The number of allylic oxidation sites excluding steroid dienone is 1. The summed E-state index contributed by atoms with van der Waals surface area (Å²) < 4.78 is 5.08. The molecule has 2 N–H and O–H groups in total. The zero-order chi connectivity index (χ0) is 22.8. The quantitative estimate of drug-likeness (QED) is 0.573. The minimum atomic E-state index is -0.537. The molecule has 0 spiro atoms. The van der Waals surface area contributed by atoms with Crippen LogP contribution in [0.2, 0.25) is 0 Å². The van der Waals surface area contributed by atoms with E-state index < -0.39 is 6.04 Å². The molecule has 3 aromatic rings. The number of hydrogen-bond donors (Lipinski definition) is 2. The number of nitriles is 1. The Morgan fingerprint density at radius 2 is 1.97 bits per heavy atom. The van der Waals surface area contributed by atoms with E-state index in [0.29, 0.717) is 33.5 Å². The van der Waals surface area contributed by atoms with Gasteiger partial charge in [-0.05, 0) is 68.4 Å². The van der Waals surface area contributed by atoms with Gasteiger partial charge in [0, 0.05) is 17.5 Å². The monoisotopic (exact) mass is 443 g/mol. The first-order valence-electron chi connectivity index (χ1n) is 10.00. The Labute approximate surface area is 191 Å². The predicted molar refractivity (Wildman–Crippen MR) is 126 cm³/mol. The van der Waals surface area contributed by atoms with E-state index in [1.165, 1.54) is 0 Å². The van der Waals surface area contributed by atoms with Crippen LogP contribution in [0.5, 0.6) is 0 Å². The fraction of sp³-hybridized carbons (Fsp3) is 0.167. The normalized spacial score (nSPS) is 15.9. The predicted octanol–water partition coefficient (Wildman–Crippen LogP) is 4.51. The SMILES string of the molecule is CC1=C(C(=O)Nc2cc(C)on2)C(c2cccc(C#N)c2)NC(=S)N1c1cccc(C)c1. The van der Waals surface area contributed by atoms with Gasteiger partial charge < -0.3 is 15.2 Å². The maximum atomic E-state index is 13.5. The standard InChI is InChI=1S/C24H21N5O2S/c1-14-6-4-9-19(10-14)29-16(3)21(23(30)26-20-11-15(2)31-28-20)22(27-24(29)32)18-8-5-7-17(12-18)13-25/h4-12,22H,1-3H3,(H,27,32)(H,26,28,30). The topological polar surface area (TPSA) is 94.2 Å². The molecule has 2 aromatic carbocycles. The molecule has 7 nitrogen and oxygen atoms in total. The molecule has 32 heavy (non-hydrogen) atoms. The number of aryl methyl sites for hydroxylation is 2. The van der Waals surface area contributed by atoms with Crippen LogP contribution in [0, 0.1) is 25.2 Å². The number of carbonyl (C=O) groups is 1. The smallest absolute Gasteiger partial charge is 0.257 e. The number of rotatable bonds is 4. The first-order chi connectivity index (χ1) is 15.4. The molecule has 1 aliphatic rings. The molecular weight excluding hydrogens is 422 g/mol. The van der Waals surface area contributed by atoms with Gasteiger partial charge in [0.15, 0.2) is 10.9 Å². The molecule has 2 heterocycles. The fourth-order valence-corrected chi connectivity index (χ4v) is 4.12. The highest BCUT2D eigenvalue weighted by Crippen LogP contribution is 2.34. The van der Waals surface area contributed by atoms with Crippen LogP contribution >= 0.6 is 12.2 Å². The lowest BCUT2D eigenvalue weighted by Crippen LogP contribution is -2.48. The average molecular weight is 444 g/mol. The van der Waals surface area contributed by atoms with Gasteiger partial charge >= 0.3 is 0 Å². The maximum Gasteiger partial charge on any atom is 0.257 e. The van der Waals surface area contributed by atoms with Crippen LogP contribution in [0.15, 0.2) is 70.4 Å². The minimum Gasteiger partial charge on any atom is -0.360 e.